The normalized spacial score (nSPS) is 12.2. The Balaban J connectivity index is 2.23. The van der Waals surface area contributed by atoms with E-state index >= 15 is 0 Å². The van der Waals surface area contributed by atoms with Crippen LogP contribution in [0, 0.1) is 3.57 Å². The van der Waals surface area contributed by atoms with Gasteiger partial charge in [0.15, 0.2) is 6.61 Å². The van der Waals surface area contributed by atoms with E-state index in [-0.39, 0.29) is 25.0 Å². The molecule has 0 aliphatic rings. The van der Waals surface area contributed by atoms with E-state index in [4.69, 9.17) is 27.9 Å². The molecule has 0 aliphatic heterocycles. The lowest BCUT2D eigenvalue weighted by atomic mass is 10.1. The van der Waals surface area contributed by atoms with Crippen LogP contribution in [-0.2, 0) is 16.1 Å². The van der Waals surface area contributed by atoms with Gasteiger partial charge in [0.25, 0.3) is 5.91 Å². The average molecular weight is 563 g/mol. The number of ether oxygens (including phenoxy) is 1. The van der Waals surface area contributed by atoms with Crippen molar-refractivity contribution < 1.29 is 14.3 Å². The Kier molecular flexibility index (Phi) is 8.82. The average Bonchev–Trinajstić information content (AvgIpc) is 2.65. The fourth-order valence-electron chi connectivity index (χ4n) is 2.67. The van der Waals surface area contributed by atoms with Crippen molar-refractivity contribution in [2.45, 2.75) is 45.8 Å². The highest BCUT2D eigenvalue weighted by atomic mass is 127. The number of carbonyl (C=O) groups is 2. The molecular weight excluding hydrogens is 538 g/mol. The molecule has 1 atom stereocenters. The van der Waals surface area contributed by atoms with Crippen LogP contribution in [0.2, 0.25) is 10.0 Å². The van der Waals surface area contributed by atoms with Crippen molar-refractivity contribution in [1.29, 1.82) is 0 Å². The lowest BCUT2D eigenvalue weighted by Gasteiger charge is -2.31. The topological polar surface area (TPSA) is 58.6 Å². The molecule has 0 bridgehead atoms. The van der Waals surface area contributed by atoms with Gasteiger partial charge in [-0.05, 0) is 86.7 Å². The fourth-order valence-corrected chi connectivity index (χ4v) is 3.55. The van der Waals surface area contributed by atoms with E-state index in [9.17, 15) is 9.59 Å². The monoisotopic (exact) mass is 562 g/mol. The van der Waals surface area contributed by atoms with Gasteiger partial charge >= 0.3 is 0 Å². The summed E-state index contributed by atoms with van der Waals surface area (Å²) in [5.74, 6) is -0.0410. The highest BCUT2D eigenvalue weighted by Gasteiger charge is 2.29. The number of hydrogen-bond acceptors (Lipinski definition) is 3. The predicted octanol–water partition coefficient (Wildman–Crippen LogP) is 5.31. The Morgan fingerprint density at radius 2 is 1.67 bits per heavy atom. The van der Waals surface area contributed by atoms with Crippen LogP contribution in [0.4, 0.5) is 0 Å². The summed E-state index contributed by atoms with van der Waals surface area (Å²) in [4.78, 5) is 27.3. The number of halogens is 3. The molecule has 2 aromatic rings. The first kappa shape index (κ1) is 24.8. The molecule has 2 rings (SSSR count). The number of hydrogen-bond donors (Lipinski definition) is 1. The highest BCUT2D eigenvalue weighted by molar-refractivity contribution is 14.1. The molecule has 0 saturated carbocycles. The van der Waals surface area contributed by atoms with Crippen molar-refractivity contribution in [3.8, 4) is 5.75 Å². The molecule has 5 nitrogen and oxygen atoms in total. The first-order valence-corrected chi connectivity index (χ1v) is 11.2. The second-order valence-corrected chi connectivity index (χ2v) is 9.94. The summed E-state index contributed by atoms with van der Waals surface area (Å²) in [7, 11) is 0. The lowest BCUT2D eigenvalue weighted by molar-refractivity contribution is -0.142. The Bertz CT molecular complexity index is 878. The van der Waals surface area contributed by atoms with E-state index in [2.05, 4.69) is 27.9 Å². The quantitative estimate of drug-likeness (QED) is 0.465. The van der Waals surface area contributed by atoms with Gasteiger partial charge in [0.05, 0.1) is 0 Å². The molecule has 162 valence electrons. The summed E-state index contributed by atoms with van der Waals surface area (Å²) in [5.41, 5.74) is 0.152. The summed E-state index contributed by atoms with van der Waals surface area (Å²) in [6, 6.07) is 11.8. The molecule has 2 amide bonds. The Hall–Kier alpha value is -1.51. The molecular formula is C22H25Cl2IN2O3. The minimum atomic E-state index is -0.746. The standard InChI is InChI=1S/C22H25Cl2IN2O3/c1-14(21(29)26-22(2,3)4)27(12-17-18(23)6-5-7-19(17)24)20(28)13-30-16-10-8-15(25)9-11-16/h5-11,14H,12-13H2,1-4H3,(H,26,29)/t14-/m0/s1. The first-order valence-electron chi connectivity index (χ1n) is 9.40. The van der Waals surface area contributed by atoms with Gasteiger partial charge in [-0.15, -0.1) is 0 Å². The second-order valence-electron chi connectivity index (χ2n) is 7.88. The molecule has 0 spiro atoms. The van der Waals surface area contributed by atoms with Crippen LogP contribution >= 0.6 is 45.8 Å². The fraction of sp³-hybridized carbons (Fsp3) is 0.364. The maximum absolute atomic E-state index is 13.1. The zero-order valence-corrected chi connectivity index (χ0v) is 21.0. The molecule has 0 aromatic heterocycles. The Morgan fingerprint density at radius 1 is 1.10 bits per heavy atom. The minimum Gasteiger partial charge on any atom is -0.484 e. The van der Waals surface area contributed by atoms with Crippen LogP contribution in [0.25, 0.3) is 0 Å². The molecule has 0 aliphatic carbocycles. The number of nitrogens with zero attached hydrogens (tertiary/aromatic N) is 1. The van der Waals surface area contributed by atoms with Crippen molar-refractivity contribution in [2.75, 3.05) is 6.61 Å². The van der Waals surface area contributed by atoms with Gasteiger partial charge in [-0.1, -0.05) is 29.3 Å². The largest absolute Gasteiger partial charge is 0.484 e. The van der Waals surface area contributed by atoms with Crippen LogP contribution in [-0.4, -0.2) is 34.9 Å². The summed E-state index contributed by atoms with van der Waals surface area (Å²) < 4.78 is 6.70. The molecule has 1 N–H and O–H groups in total. The van der Waals surface area contributed by atoms with Crippen molar-refractivity contribution in [1.82, 2.24) is 10.2 Å². The van der Waals surface area contributed by atoms with Crippen LogP contribution in [0.5, 0.6) is 5.75 Å². The predicted molar refractivity (Wildman–Crippen MR) is 129 cm³/mol. The number of benzene rings is 2. The highest BCUT2D eigenvalue weighted by Crippen LogP contribution is 2.26. The van der Waals surface area contributed by atoms with Crippen LogP contribution in [0.3, 0.4) is 0 Å². The molecule has 0 fully saturated rings. The number of nitrogens with one attached hydrogen (secondary N) is 1. The number of carbonyl (C=O) groups excluding carboxylic acids is 2. The Labute approximate surface area is 201 Å². The summed E-state index contributed by atoms with van der Waals surface area (Å²) in [5, 5.41) is 3.77. The van der Waals surface area contributed by atoms with Crippen LogP contribution in [0.15, 0.2) is 42.5 Å². The summed E-state index contributed by atoms with van der Waals surface area (Å²) >= 11 is 14.8. The maximum atomic E-state index is 13.1. The van der Waals surface area contributed by atoms with E-state index in [1.54, 1.807) is 37.3 Å². The smallest absolute Gasteiger partial charge is 0.261 e. The maximum Gasteiger partial charge on any atom is 0.261 e. The number of rotatable bonds is 7. The van der Waals surface area contributed by atoms with Crippen LogP contribution in [0.1, 0.15) is 33.3 Å². The van der Waals surface area contributed by atoms with Crippen molar-refractivity contribution in [3.63, 3.8) is 0 Å². The van der Waals surface area contributed by atoms with Gasteiger partial charge in [0.2, 0.25) is 5.91 Å². The van der Waals surface area contributed by atoms with Crippen LogP contribution < -0.4 is 10.1 Å². The van der Waals surface area contributed by atoms with Gasteiger partial charge in [0, 0.05) is 31.3 Å². The zero-order chi connectivity index (χ0) is 22.5. The molecule has 8 heteroatoms. The van der Waals surface area contributed by atoms with Crippen molar-refractivity contribution in [2.24, 2.45) is 0 Å². The van der Waals surface area contributed by atoms with Crippen molar-refractivity contribution >= 4 is 57.6 Å². The molecule has 30 heavy (non-hydrogen) atoms. The Morgan fingerprint density at radius 3 is 2.20 bits per heavy atom. The lowest BCUT2D eigenvalue weighted by Crippen LogP contribution is -2.53. The molecule has 0 radical (unpaired) electrons. The molecule has 0 saturated heterocycles. The third-order valence-corrected chi connectivity index (χ3v) is 5.66. The minimum absolute atomic E-state index is 0.0894. The number of amides is 2. The van der Waals surface area contributed by atoms with Gasteiger partial charge in [0.1, 0.15) is 11.8 Å². The summed E-state index contributed by atoms with van der Waals surface area (Å²) in [6.07, 6.45) is 0. The SMILES string of the molecule is C[C@@H](C(=O)NC(C)(C)C)N(Cc1c(Cl)cccc1Cl)C(=O)COc1ccc(I)cc1. The first-order chi connectivity index (χ1) is 14.0. The van der Waals surface area contributed by atoms with Crippen molar-refractivity contribution in [3.05, 3.63) is 61.6 Å². The van der Waals surface area contributed by atoms with E-state index < -0.39 is 11.6 Å². The molecule has 0 heterocycles. The van der Waals surface area contributed by atoms with E-state index in [1.165, 1.54) is 4.90 Å². The van der Waals surface area contributed by atoms with Gasteiger partial charge in [-0.25, -0.2) is 0 Å². The molecule has 0 unspecified atom stereocenters. The van der Waals surface area contributed by atoms with E-state index in [0.29, 0.717) is 21.4 Å². The third kappa shape index (κ3) is 7.32. The third-order valence-electron chi connectivity index (χ3n) is 4.23. The zero-order valence-electron chi connectivity index (χ0n) is 17.3. The summed E-state index contributed by atoms with van der Waals surface area (Å²) in [6.45, 7) is 7.20. The second kappa shape index (κ2) is 10.7. The van der Waals surface area contributed by atoms with E-state index in [1.807, 2.05) is 32.9 Å². The van der Waals surface area contributed by atoms with Gasteiger partial charge in [-0.3, -0.25) is 9.59 Å². The van der Waals surface area contributed by atoms with Gasteiger partial charge < -0.3 is 15.0 Å². The molecule has 2 aromatic carbocycles. The van der Waals surface area contributed by atoms with Gasteiger partial charge in [-0.2, -0.15) is 0 Å². The van der Waals surface area contributed by atoms with E-state index in [0.717, 1.165) is 3.57 Å².